The van der Waals surface area contributed by atoms with Gasteiger partial charge in [-0.05, 0) is 100 Å². The van der Waals surface area contributed by atoms with Crippen LogP contribution in [0.1, 0.15) is 108 Å². The molecule has 6 atom stereocenters. The molecule has 434 valence electrons. The molecular formula is C61H77N13O7S. The average Bonchev–Trinajstić information content (AvgIpc) is 4.29. The van der Waals surface area contributed by atoms with Gasteiger partial charge in [0.15, 0.2) is 17.4 Å². The quantitative estimate of drug-likeness (QED) is 0.0552. The molecule has 6 aromatic rings. The van der Waals surface area contributed by atoms with Crippen molar-refractivity contribution in [3.05, 3.63) is 95.5 Å². The molecule has 1 unspecified atom stereocenters. The maximum absolute atomic E-state index is 14.4. The summed E-state index contributed by atoms with van der Waals surface area (Å²) in [6.07, 6.45) is 9.74. The second-order valence-electron chi connectivity index (χ2n) is 24.0. The monoisotopic (exact) mass is 1140 g/mol. The van der Waals surface area contributed by atoms with E-state index in [1.54, 1.807) is 17.6 Å². The number of pyridine rings is 1. The molecule has 20 nitrogen and oxygen atoms in total. The number of nitrogens with two attached hydrogens (primary N) is 2. The fourth-order valence-electron chi connectivity index (χ4n) is 13.5. The molecule has 2 bridgehead atoms. The van der Waals surface area contributed by atoms with Crippen molar-refractivity contribution >= 4 is 51.8 Å². The lowest BCUT2D eigenvalue weighted by Gasteiger charge is -2.43. The topological polar surface area (TPSA) is 251 Å². The van der Waals surface area contributed by atoms with E-state index in [1.807, 2.05) is 76.4 Å². The number of rotatable bonds is 17. The van der Waals surface area contributed by atoms with Gasteiger partial charge in [-0.3, -0.25) is 9.59 Å². The zero-order valence-corrected chi connectivity index (χ0v) is 48.2. The Kier molecular flexibility index (Phi) is 16.0. The molecule has 0 spiro atoms. The minimum absolute atomic E-state index is 0.0636. The predicted octanol–water partition coefficient (Wildman–Crippen LogP) is 7.57. The summed E-state index contributed by atoms with van der Waals surface area (Å²) in [6.45, 7) is 14.3. The molecule has 6 aliphatic rings. The van der Waals surface area contributed by atoms with E-state index in [1.165, 1.54) is 16.2 Å². The zero-order valence-electron chi connectivity index (χ0n) is 47.3. The third-order valence-corrected chi connectivity index (χ3v) is 19.0. The molecule has 6 fully saturated rings. The van der Waals surface area contributed by atoms with Crippen molar-refractivity contribution in [1.82, 2.24) is 40.4 Å². The highest BCUT2D eigenvalue weighted by Crippen LogP contribution is 2.42. The van der Waals surface area contributed by atoms with Gasteiger partial charge >= 0.3 is 0 Å². The summed E-state index contributed by atoms with van der Waals surface area (Å²) in [6, 6.07) is 20.3. The highest BCUT2D eigenvalue weighted by atomic mass is 32.1. The Morgan fingerprint density at radius 3 is 2.32 bits per heavy atom. The number of piperidine rings is 2. The maximum Gasteiger partial charge on any atom is 0.243 e. The second-order valence-corrected chi connectivity index (χ2v) is 24.9. The van der Waals surface area contributed by atoms with Gasteiger partial charge in [-0.15, -0.1) is 21.5 Å². The van der Waals surface area contributed by atoms with Crippen LogP contribution in [0, 0.1) is 18.8 Å². The van der Waals surface area contributed by atoms with Crippen LogP contribution in [-0.4, -0.2) is 152 Å². The van der Waals surface area contributed by atoms with E-state index >= 15 is 0 Å². The van der Waals surface area contributed by atoms with Crippen molar-refractivity contribution in [2.24, 2.45) is 11.8 Å². The number of aliphatic hydroxyl groups is 1. The first kappa shape index (κ1) is 55.5. The lowest BCUT2D eigenvalue weighted by Crippen LogP contribution is -2.54. The largest absolute Gasteiger partial charge is 0.507 e. The van der Waals surface area contributed by atoms with E-state index in [2.05, 4.69) is 62.4 Å². The number of aliphatic hydroxyl groups excluding tert-OH is 1. The van der Waals surface area contributed by atoms with Crippen molar-refractivity contribution in [3.8, 4) is 33.3 Å². The van der Waals surface area contributed by atoms with Gasteiger partial charge < -0.3 is 65.5 Å². The molecule has 82 heavy (non-hydrogen) atoms. The number of phenolic OH excluding ortho intramolecular Hbond substituents is 1. The van der Waals surface area contributed by atoms with E-state index in [0.29, 0.717) is 52.4 Å². The highest BCUT2D eigenvalue weighted by molar-refractivity contribution is 7.13. The normalized spacial score (nSPS) is 24.2. The van der Waals surface area contributed by atoms with Gasteiger partial charge in [0.05, 0.1) is 51.8 Å². The third kappa shape index (κ3) is 11.7. The van der Waals surface area contributed by atoms with Crippen LogP contribution >= 0.6 is 11.3 Å². The number of fused-ring (bicyclic) bond motifs is 2. The smallest absolute Gasteiger partial charge is 0.243 e. The third-order valence-electron chi connectivity index (χ3n) is 18.1. The molecule has 2 amide bonds. The Morgan fingerprint density at radius 2 is 1.60 bits per heavy atom. The van der Waals surface area contributed by atoms with Crippen LogP contribution in [0.25, 0.3) is 21.7 Å². The first-order valence-electron chi connectivity index (χ1n) is 29.4. The molecule has 0 radical (unpaired) electrons. The van der Waals surface area contributed by atoms with E-state index in [-0.39, 0.29) is 60.8 Å². The number of anilines is 5. The number of amides is 2. The van der Waals surface area contributed by atoms with E-state index in [9.17, 15) is 19.8 Å². The van der Waals surface area contributed by atoms with Crippen LogP contribution in [-0.2, 0) is 14.3 Å². The standard InChI is InChI=1S/C61H77N13O7S/c1-35(2)57(61(78)73-33-43(75)25-52(73)60(77)66-36(3)39-9-12-47(49(62)23-39)58-37(4)65-34-82-58)54-29-55(69-81-54)71-21-14-38(15-22-71)30-70-19-16-44(17-20-70)79-45-26-46(27-45)80-56-24-40(13-18-64-56)74-41-10-11-42(74)32-72(31-41)51-28-50(67-68-59(51)63)48-7-5-6-8-53(48)76/h5-9,12-13,18,23-24,28-29,34-36,38,41-46,52,57,75-76H,10-11,14-17,19-22,25-27,30-33,62H2,1-4H3,(H2,63,68)(H,66,77)/t36-,41+,42?,43+,45?,46?,52-,57+/m0/s1. The lowest BCUT2D eigenvalue weighted by atomic mass is 9.91. The van der Waals surface area contributed by atoms with Crippen molar-refractivity contribution in [2.45, 2.75) is 140 Å². The number of aromatic hydroxyl groups is 1. The van der Waals surface area contributed by atoms with Crippen molar-refractivity contribution in [1.29, 1.82) is 0 Å². The number of nitrogens with one attached hydrogen (secondary N) is 1. The second kappa shape index (κ2) is 23.7. The summed E-state index contributed by atoms with van der Waals surface area (Å²) in [5.74, 6) is 1.59. The number of ether oxygens (including phenoxy) is 2. The van der Waals surface area contributed by atoms with Crippen LogP contribution in [0.3, 0.4) is 0 Å². The minimum atomic E-state index is -0.836. The lowest BCUT2D eigenvalue weighted by molar-refractivity contribution is -0.141. The number of nitrogen functional groups attached to an aromatic ring is 2. The molecular weight excluding hydrogens is 1060 g/mol. The number of para-hydroxylation sites is 1. The van der Waals surface area contributed by atoms with Crippen LogP contribution in [0.2, 0.25) is 0 Å². The average molecular weight is 1140 g/mol. The number of benzene rings is 2. The van der Waals surface area contributed by atoms with Crippen LogP contribution in [0.4, 0.5) is 28.7 Å². The Bertz CT molecular complexity index is 3210. The molecule has 1 aliphatic carbocycles. The Hall–Kier alpha value is -7.07. The number of thiazole rings is 1. The van der Waals surface area contributed by atoms with Gasteiger partial charge in [-0.25, -0.2) is 9.97 Å². The number of hydrogen-bond acceptors (Lipinski definition) is 19. The molecule has 12 rings (SSSR count). The summed E-state index contributed by atoms with van der Waals surface area (Å²) >= 11 is 1.53. The fraction of sp³-hybridized carbons (Fsp3) is 0.525. The molecule has 1 saturated carbocycles. The number of likely N-dealkylation sites (tertiary alicyclic amines) is 2. The summed E-state index contributed by atoms with van der Waals surface area (Å²) in [5.41, 5.74) is 21.2. The maximum atomic E-state index is 14.4. The Labute approximate surface area is 483 Å². The number of carbonyl (C=O) groups is 2. The summed E-state index contributed by atoms with van der Waals surface area (Å²) in [4.78, 5) is 49.5. The fourth-order valence-corrected chi connectivity index (χ4v) is 14.4. The van der Waals surface area contributed by atoms with Crippen LogP contribution < -0.4 is 36.2 Å². The number of β-amino-alcohol motifs (C(OH)–C–C–N with tert-alkyl or cyclic N) is 1. The molecule has 5 aliphatic heterocycles. The minimum Gasteiger partial charge on any atom is -0.507 e. The molecule has 4 aromatic heterocycles. The SMILES string of the molecule is Cc1ncsc1-c1ccc([C@H](C)NC(=O)[C@@H]2C[C@@H](O)CN2C(=O)[C@@H](c2cc(N3CCC(CN4CCC(OC5CC(Oc6cc(N7C8CC[C@@H]7CN(c7cc(-c9ccccc9O)nnc7N)C8)ccn6)C5)CC4)CC3)no2)C(C)C)cc1N. The van der Waals surface area contributed by atoms with Gasteiger partial charge in [-0.1, -0.05) is 43.3 Å². The number of piperazine rings is 1. The van der Waals surface area contributed by atoms with Crippen molar-refractivity contribution in [3.63, 3.8) is 0 Å². The first-order valence-corrected chi connectivity index (χ1v) is 30.3. The van der Waals surface area contributed by atoms with E-state index in [4.69, 9.17) is 25.5 Å². The summed E-state index contributed by atoms with van der Waals surface area (Å²) in [7, 11) is 0. The van der Waals surface area contributed by atoms with E-state index in [0.717, 1.165) is 136 Å². The first-order chi connectivity index (χ1) is 39.7. The molecule has 21 heteroatoms. The van der Waals surface area contributed by atoms with Crippen molar-refractivity contribution < 1.29 is 33.8 Å². The number of carbonyl (C=O) groups excluding carboxylic acids is 2. The zero-order chi connectivity index (χ0) is 56.8. The molecule has 2 aromatic carbocycles. The van der Waals surface area contributed by atoms with Crippen molar-refractivity contribution in [2.75, 3.05) is 78.5 Å². The van der Waals surface area contributed by atoms with Gasteiger partial charge in [0.2, 0.25) is 17.7 Å². The van der Waals surface area contributed by atoms with Gasteiger partial charge in [0, 0.05) is 125 Å². The van der Waals surface area contributed by atoms with Crippen LogP contribution in [0.15, 0.2) is 83.0 Å². The number of aromatic nitrogens is 5. The van der Waals surface area contributed by atoms with Crippen LogP contribution in [0.5, 0.6) is 11.6 Å². The molecule has 9 heterocycles. The Balaban J connectivity index is 0.566. The van der Waals surface area contributed by atoms with Gasteiger partial charge in [-0.2, -0.15) is 0 Å². The molecule has 7 N–H and O–H groups in total. The number of phenols is 1. The Morgan fingerprint density at radius 1 is 0.829 bits per heavy atom. The highest BCUT2D eigenvalue weighted by Gasteiger charge is 2.45. The molecule has 5 saturated heterocycles. The number of nitrogens with zero attached hydrogens (tertiary/aromatic N) is 10. The van der Waals surface area contributed by atoms with Gasteiger partial charge in [0.25, 0.3) is 0 Å². The van der Waals surface area contributed by atoms with E-state index < -0.39 is 18.1 Å². The predicted molar refractivity (Wildman–Crippen MR) is 316 cm³/mol. The van der Waals surface area contributed by atoms with Gasteiger partial charge in [0.1, 0.15) is 23.8 Å². The summed E-state index contributed by atoms with van der Waals surface area (Å²) < 4.78 is 19.1. The number of hydrogen-bond donors (Lipinski definition) is 5. The number of aryl methyl sites for hydroxylation is 1. The summed E-state index contributed by atoms with van der Waals surface area (Å²) in [5, 5.41) is 37.4.